The van der Waals surface area contributed by atoms with Gasteiger partial charge in [0, 0.05) is 57.5 Å². The van der Waals surface area contributed by atoms with Crippen LogP contribution in [-0.2, 0) is 6.54 Å². The molecule has 8 heteroatoms. The Labute approximate surface area is 214 Å². The molecule has 0 unspecified atom stereocenters. The Morgan fingerprint density at radius 1 is 1.03 bits per heavy atom. The summed E-state index contributed by atoms with van der Waals surface area (Å²) in [5, 5.41) is 4.51. The minimum Gasteiger partial charge on any atom is -0.356 e. The Morgan fingerprint density at radius 3 is 2.41 bits per heavy atom. The number of rotatable bonds is 5. The molecule has 6 nitrogen and oxygen atoms in total. The van der Waals surface area contributed by atoms with Gasteiger partial charge >= 0.3 is 0 Å². The molecular weight excluding hydrogens is 535 g/mol. The summed E-state index contributed by atoms with van der Waals surface area (Å²) < 4.78 is 0. The molecule has 174 valence electrons. The zero-order chi connectivity index (χ0) is 21.5. The number of guanidine groups is 1. The lowest BCUT2D eigenvalue weighted by Crippen LogP contribution is -2.53. The predicted molar refractivity (Wildman–Crippen MR) is 144 cm³/mol. The fourth-order valence-electron chi connectivity index (χ4n) is 4.47. The summed E-state index contributed by atoms with van der Waals surface area (Å²) in [7, 11) is 1.89. The lowest BCUT2D eigenvalue weighted by molar-refractivity contribution is 0.177. The van der Waals surface area contributed by atoms with Gasteiger partial charge in [-0.3, -0.25) is 9.89 Å². The SMILES string of the molecule is CN=C(NCC1CCN(Cc2ccccc2Cl)CC1)N1CCN(c2ccccn2)CC1.I. The molecular formula is C24H34ClIN6. The first-order valence-corrected chi connectivity index (χ1v) is 11.7. The predicted octanol–water partition coefficient (Wildman–Crippen LogP) is 3.96. The quantitative estimate of drug-likeness (QED) is 0.336. The normalized spacial score (nSPS) is 18.4. The molecule has 1 aromatic carbocycles. The highest BCUT2D eigenvalue weighted by molar-refractivity contribution is 14.0. The first kappa shape index (κ1) is 25.1. The van der Waals surface area contributed by atoms with Gasteiger partial charge in [-0.05, 0) is 55.6 Å². The van der Waals surface area contributed by atoms with Crippen LogP contribution in [0.2, 0.25) is 5.02 Å². The number of benzene rings is 1. The van der Waals surface area contributed by atoms with Gasteiger partial charge in [-0.15, -0.1) is 24.0 Å². The van der Waals surface area contributed by atoms with Gasteiger partial charge in [0.15, 0.2) is 5.96 Å². The van der Waals surface area contributed by atoms with Crippen LogP contribution in [0.1, 0.15) is 18.4 Å². The highest BCUT2D eigenvalue weighted by Gasteiger charge is 2.23. The Balaban J connectivity index is 0.00000289. The largest absolute Gasteiger partial charge is 0.356 e. The Hall–Kier alpha value is -1.58. The van der Waals surface area contributed by atoms with Crippen molar-refractivity contribution in [2.75, 3.05) is 57.8 Å². The van der Waals surface area contributed by atoms with Crippen LogP contribution in [0.4, 0.5) is 5.82 Å². The minimum atomic E-state index is 0. The Bertz CT molecular complexity index is 849. The fourth-order valence-corrected chi connectivity index (χ4v) is 4.67. The monoisotopic (exact) mass is 568 g/mol. The summed E-state index contributed by atoms with van der Waals surface area (Å²) in [4.78, 5) is 16.3. The zero-order valence-corrected chi connectivity index (χ0v) is 21.9. The van der Waals surface area contributed by atoms with Crippen LogP contribution in [0, 0.1) is 5.92 Å². The van der Waals surface area contributed by atoms with Crippen LogP contribution in [0.15, 0.2) is 53.7 Å². The molecule has 2 fully saturated rings. The van der Waals surface area contributed by atoms with E-state index in [0.29, 0.717) is 5.92 Å². The number of aromatic nitrogens is 1. The topological polar surface area (TPSA) is 47.0 Å². The van der Waals surface area contributed by atoms with Crippen LogP contribution in [0.3, 0.4) is 0 Å². The van der Waals surface area contributed by atoms with Gasteiger partial charge in [0.2, 0.25) is 0 Å². The van der Waals surface area contributed by atoms with Gasteiger partial charge in [0.25, 0.3) is 0 Å². The van der Waals surface area contributed by atoms with Gasteiger partial charge < -0.3 is 15.1 Å². The van der Waals surface area contributed by atoms with Crippen LogP contribution < -0.4 is 10.2 Å². The van der Waals surface area contributed by atoms with E-state index in [1.807, 2.05) is 31.4 Å². The summed E-state index contributed by atoms with van der Waals surface area (Å²) >= 11 is 6.33. The van der Waals surface area contributed by atoms with E-state index in [0.717, 1.165) is 69.2 Å². The highest BCUT2D eigenvalue weighted by Crippen LogP contribution is 2.22. The summed E-state index contributed by atoms with van der Waals surface area (Å²) in [6, 6.07) is 14.3. The van der Waals surface area contributed by atoms with E-state index in [1.165, 1.54) is 18.4 Å². The second kappa shape index (κ2) is 12.6. The minimum absolute atomic E-state index is 0. The van der Waals surface area contributed by atoms with Crippen molar-refractivity contribution in [2.24, 2.45) is 10.9 Å². The van der Waals surface area contributed by atoms with Gasteiger partial charge in [-0.25, -0.2) is 4.98 Å². The van der Waals surface area contributed by atoms with Gasteiger partial charge in [0.1, 0.15) is 5.82 Å². The number of piperidine rings is 1. The number of hydrogen-bond acceptors (Lipinski definition) is 4. The number of aliphatic imine (C=N–C) groups is 1. The Kier molecular flexibility index (Phi) is 9.87. The molecule has 0 amide bonds. The van der Waals surface area contributed by atoms with Crippen molar-refractivity contribution < 1.29 is 0 Å². The fraction of sp³-hybridized carbons (Fsp3) is 0.500. The number of anilines is 1. The van der Waals surface area contributed by atoms with Gasteiger partial charge in [-0.1, -0.05) is 35.9 Å². The van der Waals surface area contributed by atoms with Crippen molar-refractivity contribution in [2.45, 2.75) is 19.4 Å². The number of pyridine rings is 1. The summed E-state index contributed by atoms with van der Waals surface area (Å²) in [5.41, 5.74) is 1.23. The van der Waals surface area contributed by atoms with Crippen molar-refractivity contribution in [3.8, 4) is 0 Å². The van der Waals surface area contributed by atoms with E-state index in [1.54, 1.807) is 0 Å². The molecule has 2 aromatic rings. The van der Waals surface area contributed by atoms with Crippen LogP contribution in [0.25, 0.3) is 0 Å². The molecule has 2 aliphatic rings. The molecule has 32 heavy (non-hydrogen) atoms. The first-order chi connectivity index (χ1) is 15.2. The highest BCUT2D eigenvalue weighted by atomic mass is 127. The molecule has 0 atom stereocenters. The zero-order valence-electron chi connectivity index (χ0n) is 18.8. The number of hydrogen-bond donors (Lipinski definition) is 1. The van der Waals surface area contributed by atoms with Crippen molar-refractivity contribution in [1.82, 2.24) is 20.1 Å². The number of nitrogens with one attached hydrogen (secondary N) is 1. The van der Waals surface area contributed by atoms with E-state index in [4.69, 9.17) is 11.6 Å². The van der Waals surface area contributed by atoms with Crippen LogP contribution in [-0.4, -0.2) is 73.6 Å². The van der Waals surface area contributed by atoms with Crippen LogP contribution in [0.5, 0.6) is 0 Å². The molecule has 2 aliphatic heterocycles. The maximum atomic E-state index is 6.33. The number of piperazine rings is 1. The van der Waals surface area contributed by atoms with Crippen molar-refractivity contribution in [1.29, 1.82) is 0 Å². The maximum Gasteiger partial charge on any atom is 0.193 e. The molecule has 0 radical (unpaired) electrons. The summed E-state index contributed by atoms with van der Waals surface area (Å²) in [5.74, 6) is 2.78. The van der Waals surface area contributed by atoms with Crippen molar-refractivity contribution >= 4 is 47.4 Å². The van der Waals surface area contributed by atoms with E-state index < -0.39 is 0 Å². The lowest BCUT2D eigenvalue weighted by atomic mass is 9.96. The van der Waals surface area contributed by atoms with E-state index in [-0.39, 0.29) is 24.0 Å². The average molecular weight is 569 g/mol. The third kappa shape index (κ3) is 6.71. The smallest absolute Gasteiger partial charge is 0.193 e. The number of likely N-dealkylation sites (tertiary alicyclic amines) is 1. The maximum absolute atomic E-state index is 6.33. The molecule has 0 bridgehead atoms. The van der Waals surface area contributed by atoms with E-state index in [2.05, 4.69) is 54.3 Å². The number of nitrogens with zero attached hydrogens (tertiary/aromatic N) is 5. The average Bonchev–Trinajstić information content (AvgIpc) is 2.83. The molecule has 3 heterocycles. The first-order valence-electron chi connectivity index (χ1n) is 11.3. The molecule has 4 rings (SSSR count). The second-order valence-corrected chi connectivity index (χ2v) is 8.81. The molecule has 0 aliphatic carbocycles. The summed E-state index contributed by atoms with van der Waals surface area (Å²) in [6.07, 6.45) is 4.28. The third-order valence-corrected chi connectivity index (χ3v) is 6.74. The standard InChI is InChI=1S/C24H33ClN6.HI/c1-26-24(31-16-14-30(15-17-31)23-8-4-5-11-27-23)28-18-20-9-12-29(13-10-20)19-21-6-2-3-7-22(21)25;/h2-8,11,20H,9-10,12-19H2,1H3,(H,26,28);1H. The molecule has 1 N–H and O–H groups in total. The molecule has 1 aromatic heterocycles. The van der Waals surface area contributed by atoms with Gasteiger partial charge in [-0.2, -0.15) is 0 Å². The van der Waals surface area contributed by atoms with Gasteiger partial charge in [0.05, 0.1) is 0 Å². The van der Waals surface area contributed by atoms with Crippen molar-refractivity contribution in [3.05, 3.63) is 59.2 Å². The van der Waals surface area contributed by atoms with Crippen LogP contribution >= 0.6 is 35.6 Å². The number of halogens is 2. The molecule has 2 saturated heterocycles. The molecule has 0 spiro atoms. The van der Waals surface area contributed by atoms with Crippen molar-refractivity contribution in [3.63, 3.8) is 0 Å². The summed E-state index contributed by atoms with van der Waals surface area (Å²) in [6.45, 7) is 8.06. The lowest BCUT2D eigenvalue weighted by Gasteiger charge is -2.38. The third-order valence-electron chi connectivity index (χ3n) is 6.37. The second-order valence-electron chi connectivity index (χ2n) is 8.40. The Morgan fingerprint density at radius 2 is 1.75 bits per heavy atom. The van der Waals surface area contributed by atoms with E-state index >= 15 is 0 Å². The van der Waals surface area contributed by atoms with E-state index in [9.17, 15) is 0 Å². The molecule has 0 saturated carbocycles.